The quantitative estimate of drug-likeness (QED) is 0.238. The van der Waals surface area contributed by atoms with E-state index in [4.69, 9.17) is 9.47 Å². The third-order valence-electron chi connectivity index (χ3n) is 7.52. The summed E-state index contributed by atoms with van der Waals surface area (Å²) in [5.41, 5.74) is 2.98. The molecule has 0 aromatic heterocycles. The van der Waals surface area contributed by atoms with Crippen LogP contribution in [0.25, 0.3) is 0 Å². The summed E-state index contributed by atoms with van der Waals surface area (Å²) in [7, 11) is 0. The van der Waals surface area contributed by atoms with Gasteiger partial charge in [-0.25, -0.2) is 0 Å². The highest BCUT2D eigenvalue weighted by atomic mass is 16.5. The molecule has 0 saturated carbocycles. The Morgan fingerprint density at radius 1 is 0.909 bits per heavy atom. The largest absolute Gasteiger partial charge is 0.489 e. The van der Waals surface area contributed by atoms with Gasteiger partial charge in [0.25, 0.3) is 0 Å². The fourth-order valence-electron chi connectivity index (χ4n) is 5.07. The summed E-state index contributed by atoms with van der Waals surface area (Å²) in [6, 6.07) is 26.7. The van der Waals surface area contributed by atoms with Gasteiger partial charge in [0, 0.05) is 25.9 Å². The van der Waals surface area contributed by atoms with Gasteiger partial charge in [0.2, 0.25) is 11.8 Å². The number of hydrogen-bond acceptors (Lipinski definition) is 6. The molecule has 1 aliphatic rings. The first-order chi connectivity index (χ1) is 21.5. The first-order valence-corrected chi connectivity index (χ1v) is 15.3. The molecular formula is C36H42N2O6. The number of cyclic esters (lactones) is 1. The van der Waals surface area contributed by atoms with Gasteiger partial charge in [-0.3, -0.25) is 14.4 Å². The number of esters is 1. The van der Waals surface area contributed by atoms with Gasteiger partial charge in [0.05, 0.1) is 18.6 Å². The summed E-state index contributed by atoms with van der Waals surface area (Å²) in [5.74, 6) is -0.641. The lowest BCUT2D eigenvalue weighted by atomic mass is 9.97. The maximum absolute atomic E-state index is 13.6. The standard InChI is InChI=1S/C36H42N2O6/c39-22-21-38(25-29-11-5-3-6-12-29)34(40)24-31-15-9-1-2-10-16-35(41)44-27-32(37-36(31)42)23-28-17-19-33(20-18-28)43-26-30-13-7-4-8-14-30/h1,3-9,11-14,17-20,31-32,39H,2,10,15-16,21-27H2,(H,37,42)/t31-,32+/m1/s1. The molecule has 3 aromatic rings. The van der Waals surface area contributed by atoms with Gasteiger partial charge in [-0.05, 0) is 54.5 Å². The molecule has 0 saturated heterocycles. The highest BCUT2D eigenvalue weighted by molar-refractivity contribution is 5.86. The van der Waals surface area contributed by atoms with Crippen LogP contribution in [0.1, 0.15) is 48.8 Å². The van der Waals surface area contributed by atoms with Crippen LogP contribution in [-0.4, -0.2) is 53.6 Å². The van der Waals surface area contributed by atoms with Crippen molar-refractivity contribution < 1.29 is 29.0 Å². The minimum atomic E-state index is -0.608. The number of allylic oxidation sites excluding steroid dienone is 2. The number of aliphatic hydroxyl groups is 1. The van der Waals surface area contributed by atoms with Crippen molar-refractivity contribution in [2.24, 2.45) is 5.92 Å². The Kier molecular flexibility index (Phi) is 13.0. The molecule has 0 fully saturated rings. The predicted molar refractivity (Wildman–Crippen MR) is 168 cm³/mol. The molecule has 4 rings (SSSR count). The molecule has 0 unspecified atom stereocenters. The number of carbonyl (C=O) groups is 3. The van der Waals surface area contributed by atoms with E-state index in [0.717, 1.165) is 22.4 Å². The Hall–Kier alpha value is -4.43. The SMILES string of the molecule is O=C1CCCC=CC[C@H](CC(=O)N(CCO)Cc2ccccc2)C(=O)N[C@@H](Cc2ccc(OCc3ccccc3)cc2)CO1. The topological polar surface area (TPSA) is 105 Å². The van der Waals surface area contributed by atoms with E-state index in [0.29, 0.717) is 45.3 Å². The van der Waals surface area contributed by atoms with Gasteiger partial charge in [0.1, 0.15) is 19.0 Å². The Labute approximate surface area is 259 Å². The summed E-state index contributed by atoms with van der Waals surface area (Å²) in [6.45, 7) is 0.870. The molecule has 3 aromatic carbocycles. The molecule has 8 nitrogen and oxygen atoms in total. The van der Waals surface area contributed by atoms with Gasteiger partial charge >= 0.3 is 5.97 Å². The van der Waals surface area contributed by atoms with Crippen LogP contribution in [0, 0.1) is 5.92 Å². The van der Waals surface area contributed by atoms with Crippen molar-refractivity contribution in [2.45, 2.75) is 57.7 Å². The van der Waals surface area contributed by atoms with Gasteiger partial charge in [0.15, 0.2) is 0 Å². The van der Waals surface area contributed by atoms with E-state index in [-0.39, 0.29) is 44.0 Å². The fourth-order valence-corrected chi connectivity index (χ4v) is 5.07. The van der Waals surface area contributed by atoms with Crippen LogP contribution < -0.4 is 10.1 Å². The van der Waals surface area contributed by atoms with Gasteiger partial charge in [-0.15, -0.1) is 0 Å². The number of aliphatic hydroxyl groups excluding tert-OH is 1. The zero-order valence-corrected chi connectivity index (χ0v) is 25.1. The number of amides is 2. The van der Waals surface area contributed by atoms with Crippen LogP contribution in [-0.2, 0) is 38.7 Å². The molecule has 1 aliphatic heterocycles. The second kappa shape index (κ2) is 17.6. The van der Waals surface area contributed by atoms with Crippen LogP contribution in [0.5, 0.6) is 5.75 Å². The molecule has 0 spiro atoms. The molecule has 2 amide bonds. The van der Waals surface area contributed by atoms with Crippen LogP contribution in [0.15, 0.2) is 97.1 Å². The monoisotopic (exact) mass is 598 g/mol. The summed E-state index contributed by atoms with van der Waals surface area (Å²) in [5, 5.41) is 12.7. The molecule has 1 heterocycles. The molecule has 2 atom stereocenters. The average Bonchev–Trinajstić information content (AvgIpc) is 3.05. The van der Waals surface area contributed by atoms with E-state index in [1.165, 1.54) is 0 Å². The lowest BCUT2D eigenvalue weighted by Crippen LogP contribution is -2.44. The Morgan fingerprint density at radius 3 is 2.32 bits per heavy atom. The van der Waals surface area contributed by atoms with Crippen molar-refractivity contribution in [3.05, 3.63) is 114 Å². The smallest absolute Gasteiger partial charge is 0.305 e. The third-order valence-corrected chi connectivity index (χ3v) is 7.52. The third kappa shape index (κ3) is 11.0. The number of hydrogen-bond donors (Lipinski definition) is 2. The molecular weight excluding hydrogens is 556 g/mol. The van der Waals surface area contributed by atoms with Gasteiger partial charge in [-0.1, -0.05) is 84.9 Å². The zero-order chi connectivity index (χ0) is 31.0. The first-order valence-electron chi connectivity index (χ1n) is 15.3. The molecule has 0 aliphatic carbocycles. The van der Waals surface area contributed by atoms with E-state index in [2.05, 4.69) is 5.32 Å². The Morgan fingerprint density at radius 2 is 1.61 bits per heavy atom. The maximum atomic E-state index is 13.6. The van der Waals surface area contributed by atoms with Gasteiger partial charge < -0.3 is 24.8 Å². The number of ether oxygens (including phenoxy) is 2. The second-order valence-electron chi connectivity index (χ2n) is 11.0. The number of rotatable bonds is 11. The fraction of sp³-hybridized carbons (Fsp3) is 0.361. The lowest BCUT2D eigenvalue weighted by Gasteiger charge is -2.26. The highest BCUT2D eigenvalue weighted by Gasteiger charge is 2.27. The highest BCUT2D eigenvalue weighted by Crippen LogP contribution is 2.19. The molecule has 232 valence electrons. The van der Waals surface area contributed by atoms with Crippen LogP contribution in [0.4, 0.5) is 0 Å². The van der Waals surface area contributed by atoms with Crippen molar-refractivity contribution in [3.8, 4) is 5.75 Å². The zero-order valence-electron chi connectivity index (χ0n) is 25.1. The Bertz CT molecular complexity index is 1340. The molecule has 2 N–H and O–H groups in total. The van der Waals surface area contributed by atoms with Crippen molar-refractivity contribution in [1.82, 2.24) is 10.2 Å². The van der Waals surface area contributed by atoms with Crippen LogP contribution in [0.3, 0.4) is 0 Å². The number of benzene rings is 3. The van der Waals surface area contributed by atoms with Crippen molar-refractivity contribution in [2.75, 3.05) is 19.8 Å². The normalized spacial score (nSPS) is 17.8. The minimum Gasteiger partial charge on any atom is -0.489 e. The van der Waals surface area contributed by atoms with E-state index < -0.39 is 12.0 Å². The Balaban J connectivity index is 1.43. The molecule has 8 heteroatoms. The van der Waals surface area contributed by atoms with E-state index in [1.807, 2.05) is 97.1 Å². The number of nitrogens with one attached hydrogen (secondary N) is 1. The van der Waals surface area contributed by atoms with Crippen LogP contribution in [0.2, 0.25) is 0 Å². The summed E-state index contributed by atoms with van der Waals surface area (Å²) in [4.78, 5) is 41.0. The van der Waals surface area contributed by atoms with Crippen molar-refractivity contribution in [3.63, 3.8) is 0 Å². The average molecular weight is 599 g/mol. The molecule has 0 bridgehead atoms. The van der Waals surface area contributed by atoms with Crippen LogP contribution >= 0.6 is 0 Å². The summed E-state index contributed by atoms with van der Waals surface area (Å²) >= 11 is 0. The van der Waals surface area contributed by atoms with Gasteiger partial charge in [-0.2, -0.15) is 0 Å². The lowest BCUT2D eigenvalue weighted by molar-refractivity contribution is -0.145. The summed E-state index contributed by atoms with van der Waals surface area (Å²) < 4.78 is 11.4. The maximum Gasteiger partial charge on any atom is 0.305 e. The number of carbonyl (C=O) groups excluding carboxylic acids is 3. The first kappa shape index (κ1) is 32.5. The minimum absolute atomic E-state index is 0.00294. The van der Waals surface area contributed by atoms with E-state index >= 15 is 0 Å². The molecule has 0 radical (unpaired) electrons. The van der Waals surface area contributed by atoms with Crippen molar-refractivity contribution >= 4 is 17.8 Å². The molecule has 44 heavy (non-hydrogen) atoms. The van der Waals surface area contributed by atoms with E-state index in [9.17, 15) is 19.5 Å². The van der Waals surface area contributed by atoms with E-state index in [1.54, 1.807) is 4.90 Å². The number of nitrogens with zero attached hydrogens (tertiary/aromatic N) is 1. The van der Waals surface area contributed by atoms with Crippen molar-refractivity contribution in [1.29, 1.82) is 0 Å². The summed E-state index contributed by atoms with van der Waals surface area (Å²) in [6.07, 6.45) is 6.34. The second-order valence-corrected chi connectivity index (χ2v) is 11.0. The predicted octanol–water partition coefficient (Wildman–Crippen LogP) is 4.99.